The van der Waals surface area contributed by atoms with Crippen LogP contribution in [0.1, 0.15) is 48.9 Å². The fraction of sp³-hybridized carbons (Fsp3) is 0.100. The molecule has 38 heteroatoms. The van der Waals surface area contributed by atoms with Crippen molar-refractivity contribution in [3.63, 3.8) is 0 Å². The number of nitrogens with zero attached hydrogens (tertiary/aromatic N) is 16. The molecule has 0 amide bonds. The summed E-state index contributed by atoms with van der Waals surface area (Å²) < 4.78 is 158. The molecule has 0 unspecified atom stereocenters. The molecule has 0 bridgehead atoms. The minimum absolute atomic E-state index is 0. The second-order valence-electron chi connectivity index (χ2n) is 22.7. The van der Waals surface area contributed by atoms with Crippen LogP contribution in [0, 0.1) is 149 Å². The topological polar surface area (TPSA) is 255 Å². The van der Waals surface area contributed by atoms with E-state index < -0.39 is 88.7 Å². The number of hydrogen-bond acceptors (Lipinski definition) is 16. The molecule has 2 N–H and O–H groups in total. The zero-order valence-corrected chi connectivity index (χ0v) is 76.1. The fourth-order valence-corrected chi connectivity index (χ4v) is 8.73. The average molecular weight is 2690 g/mol. The zero-order valence-electron chi connectivity index (χ0n) is 61.7. The second kappa shape index (κ2) is 52.3. The molecule has 0 saturated carbocycles. The van der Waals surface area contributed by atoms with Crippen LogP contribution in [0.25, 0.3) is 72.4 Å². The molecule has 14 rings (SSSR count). The van der Waals surface area contributed by atoms with Crippen LogP contribution in [-0.2, 0) is 128 Å². The number of aromatic nitrogens is 14. The minimum Gasteiger partial charge on any atom is -0.477 e. The van der Waals surface area contributed by atoms with Crippen LogP contribution in [0.15, 0.2) is 183 Å². The van der Waals surface area contributed by atoms with Gasteiger partial charge < -0.3 is 45.0 Å². The second-order valence-corrected chi connectivity index (χ2v) is 22.7. The van der Waals surface area contributed by atoms with Crippen molar-refractivity contribution in [3.8, 4) is 67.5 Å². The monoisotopic (exact) mass is 2690 g/mol. The van der Waals surface area contributed by atoms with Gasteiger partial charge in [-0.25, -0.2) is 58.5 Å². The Kier molecular flexibility index (Phi) is 46.8. The first kappa shape index (κ1) is 106. The number of aryl methyl sites for hydroxylation is 6. The fourth-order valence-electron chi connectivity index (χ4n) is 8.73. The van der Waals surface area contributed by atoms with Crippen molar-refractivity contribution < 1.29 is 193 Å². The third-order valence-corrected chi connectivity index (χ3v) is 14.2. The van der Waals surface area contributed by atoms with E-state index in [9.17, 15) is 62.3 Å². The molecule has 0 aliphatic heterocycles. The van der Waals surface area contributed by atoms with Crippen LogP contribution in [0.3, 0.4) is 0 Å². The van der Waals surface area contributed by atoms with Crippen molar-refractivity contribution in [2.45, 2.75) is 34.6 Å². The third-order valence-electron chi connectivity index (χ3n) is 14.2. The van der Waals surface area contributed by atoms with Gasteiger partial charge in [-0.2, -0.15) is 5.10 Å². The van der Waals surface area contributed by atoms with Crippen LogP contribution in [-0.4, -0.2) is 106 Å². The van der Waals surface area contributed by atoms with Gasteiger partial charge in [0.15, 0.2) is 11.4 Å². The van der Waals surface area contributed by atoms with Crippen molar-refractivity contribution >= 4 is 23.3 Å². The standard InChI is InChI=1S/C13H7F2N2.C12H10F2N3.3C11H7F2N2.C10H5F2N2.C6H8N2O2.C6H5NO2.6Ir/c1-8-5-6-17-11(7-8)9-3-4-10(14)13(16-2)12(9)15;1-17(2)8-5-6-15-10(7-8)9-3-4-11(13)16-12(9)14;3*1-7-4-5-14-9(6-7)8-2-3-10(12)15-11(8)13;11-9-5-4-7(10(12)14-9)8-3-1-2-6-13-8;1-4-3-5(6(9)10)7-8(4)2;8-6(9)5-3-1-2-4-7-5;;;;;;/h4-7H,1H3;4-7H,1-2H3;3*3-6H,1H3;1-3,5-6H;3H,1-2H3,(H,9,10);1-4H,(H,8,9);;;;;;/q6*-1;;;;;;;;. The maximum absolute atomic E-state index is 13.8. The molecule has 624 valence electrons. The van der Waals surface area contributed by atoms with Gasteiger partial charge in [0, 0.05) is 208 Å². The van der Waals surface area contributed by atoms with Gasteiger partial charge in [0.25, 0.3) is 0 Å². The number of carboxylic acids is 2. The molecule has 0 aliphatic carbocycles. The molecule has 1 aromatic carbocycles. The van der Waals surface area contributed by atoms with E-state index in [1.165, 1.54) is 35.4 Å². The summed E-state index contributed by atoms with van der Waals surface area (Å²) in [5.41, 5.74) is 7.71. The number of anilines is 1. The quantitative estimate of drug-likeness (QED) is 0.0773. The number of benzene rings is 1. The number of carboxylic acid groups (broad SMARTS) is 2. The first-order valence-electron chi connectivity index (χ1n) is 32.0. The summed E-state index contributed by atoms with van der Waals surface area (Å²) in [5.74, 6) is -12.7. The van der Waals surface area contributed by atoms with E-state index in [-0.39, 0.29) is 165 Å². The Morgan fingerprint density at radius 1 is 0.381 bits per heavy atom. The van der Waals surface area contributed by atoms with Gasteiger partial charge >= 0.3 is 11.9 Å². The first-order chi connectivity index (χ1) is 53.4. The molecule has 0 saturated heterocycles. The molecule has 13 aromatic heterocycles. The number of aromatic carboxylic acids is 2. The van der Waals surface area contributed by atoms with Crippen LogP contribution >= 0.6 is 0 Å². The van der Waals surface area contributed by atoms with Crippen LogP contribution < -0.4 is 4.90 Å². The summed E-state index contributed by atoms with van der Waals surface area (Å²) >= 11 is 0. The number of carbonyl (C=O) groups is 2. The molecule has 0 atom stereocenters. The summed E-state index contributed by atoms with van der Waals surface area (Å²) in [4.78, 5) is 67.9. The molecule has 118 heavy (non-hydrogen) atoms. The minimum atomic E-state index is -0.990. The van der Waals surface area contributed by atoms with E-state index >= 15 is 0 Å². The van der Waals surface area contributed by atoms with Gasteiger partial charge in [0.1, 0.15) is 65.2 Å². The van der Waals surface area contributed by atoms with E-state index in [0.717, 1.165) is 70.0 Å². The number of pyridine rings is 12. The largest absolute Gasteiger partial charge is 0.477 e. The van der Waals surface area contributed by atoms with Crippen molar-refractivity contribution in [3.05, 3.63) is 341 Å². The van der Waals surface area contributed by atoms with Gasteiger partial charge in [-0.1, -0.05) is 129 Å². The Bertz CT molecular complexity index is 5390. The first-order valence-corrected chi connectivity index (χ1v) is 32.0. The zero-order chi connectivity index (χ0) is 81.7. The van der Waals surface area contributed by atoms with E-state index in [1.54, 1.807) is 130 Å². The Labute approximate surface area is 749 Å². The maximum Gasteiger partial charge on any atom is 0.356 e. The molecular formula is C80H56F12Ir6N16O4-6. The van der Waals surface area contributed by atoms with E-state index in [2.05, 4.69) is 106 Å². The number of hydrogen-bond donors (Lipinski definition) is 2. The van der Waals surface area contributed by atoms with Gasteiger partial charge in [-0.3, -0.25) is 43.2 Å². The predicted octanol–water partition coefficient (Wildman–Crippen LogP) is 17.0. The molecule has 0 fully saturated rings. The summed E-state index contributed by atoms with van der Waals surface area (Å²) in [6.45, 7) is 16.0. The Morgan fingerprint density at radius 3 is 0.949 bits per heavy atom. The van der Waals surface area contributed by atoms with Crippen molar-refractivity contribution in [2.75, 3.05) is 19.0 Å². The Morgan fingerprint density at radius 2 is 0.686 bits per heavy atom. The van der Waals surface area contributed by atoms with Gasteiger partial charge in [-0.15, -0.1) is 48.0 Å². The normalized spacial score (nSPS) is 9.58. The van der Waals surface area contributed by atoms with Crippen molar-refractivity contribution in [1.29, 1.82) is 0 Å². The molecule has 13 heterocycles. The number of rotatable bonds is 9. The van der Waals surface area contributed by atoms with Crippen LogP contribution in [0.2, 0.25) is 0 Å². The van der Waals surface area contributed by atoms with Crippen molar-refractivity contribution in [2.24, 2.45) is 7.05 Å². The smallest absolute Gasteiger partial charge is 0.356 e. The molecular weight excluding hydrogens is 2630 g/mol. The molecule has 6 radical (unpaired) electrons. The summed E-state index contributed by atoms with van der Waals surface area (Å²) in [5, 5.41) is 20.5. The van der Waals surface area contributed by atoms with E-state index in [4.69, 9.17) is 16.8 Å². The third kappa shape index (κ3) is 32.8. The van der Waals surface area contributed by atoms with Crippen LogP contribution in [0.5, 0.6) is 0 Å². The average Bonchev–Trinajstić information content (AvgIpc) is 1.16. The SMILES string of the molecule is CN(C)c1ccnc(-c2[c-]cc(F)nc2F)c1.Cc1cc(C(=O)O)nn1C.Cc1ccnc(-c2[c-]cc(F)nc2F)c1.Cc1ccnc(-c2[c-]cc(F)nc2F)c1.Cc1ccnc(-c2[c-]cc(F)nc2F)c1.Fc1c[c-]c(-c2ccccn2)c(F)n1.O=C(O)c1ccccn1.[C-]#[N+]c1c(F)c[c-]c(-c2cc(C)ccn2)c1F.[Ir].[Ir].[Ir].[Ir].[Ir].[Ir]. The summed E-state index contributed by atoms with van der Waals surface area (Å²) in [6, 6.07) is 49.4. The Hall–Kier alpha value is -10.5. The van der Waals surface area contributed by atoms with Gasteiger partial charge in [0.2, 0.25) is 0 Å². The number of halogens is 12. The maximum atomic E-state index is 13.8. The molecule has 0 spiro atoms. The van der Waals surface area contributed by atoms with Gasteiger partial charge in [0.05, 0.1) is 6.57 Å². The summed E-state index contributed by atoms with van der Waals surface area (Å²) in [7, 11) is 5.44. The summed E-state index contributed by atoms with van der Waals surface area (Å²) in [6.07, 6.45) is 10.7. The molecule has 0 aliphatic rings. The van der Waals surface area contributed by atoms with Crippen molar-refractivity contribution in [1.82, 2.24) is 69.6 Å². The van der Waals surface area contributed by atoms with Crippen LogP contribution in [0.4, 0.5) is 64.1 Å². The Balaban J connectivity index is 0.000000674. The van der Waals surface area contributed by atoms with E-state index in [0.29, 0.717) is 34.2 Å². The predicted molar refractivity (Wildman–Crippen MR) is 385 cm³/mol. The van der Waals surface area contributed by atoms with Gasteiger partial charge in [-0.05, 0) is 123 Å². The molecule has 20 nitrogen and oxygen atoms in total. The van der Waals surface area contributed by atoms with E-state index in [1.807, 2.05) is 46.7 Å². The molecule has 14 aromatic rings.